The van der Waals surface area contributed by atoms with Gasteiger partial charge in [0.25, 0.3) is 0 Å². The molecule has 1 aromatic heterocycles. The average molecular weight is 358 g/mol. The molecule has 108 valence electrons. The van der Waals surface area contributed by atoms with Gasteiger partial charge in [0.2, 0.25) is 0 Å². The van der Waals surface area contributed by atoms with Crippen molar-refractivity contribution >= 4 is 36.7 Å². The summed E-state index contributed by atoms with van der Waals surface area (Å²) >= 11 is 3.44. The van der Waals surface area contributed by atoms with E-state index in [9.17, 15) is 8.42 Å². The van der Waals surface area contributed by atoms with E-state index < -0.39 is 9.84 Å². The van der Waals surface area contributed by atoms with Crippen LogP contribution < -0.4 is 5.32 Å². The molecule has 2 heterocycles. The van der Waals surface area contributed by atoms with Crippen LogP contribution in [0.5, 0.6) is 0 Å². The van der Waals surface area contributed by atoms with Crippen molar-refractivity contribution in [1.29, 1.82) is 0 Å². The van der Waals surface area contributed by atoms with Gasteiger partial charge in [-0.15, -0.1) is 0 Å². The lowest BCUT2D eigenvalue weighted by atomic mass is 10.2. The summed E-state index contributed by atoms with van der Waals surface area (Å²) in [6, 6.07) is 7.90. The molecular formula is C14H16BrNO3S. The van der Waals surface area contributed by atoms with Gasteiger partial charge in [0.15, 0.2) is 9.84 Å². The van der Waals surface area contributed by atoms with Crippen LogP contribution in [0.25, 0.3) is 11.0 Å². The van der Waals surface area contributed by atoms with Gasteiger partial charge in [-0.1, -0.05) is 15.9 Å². The first kappa shape index (κ1) is 14.1. The van der Waals surface area contributed by atoms with Gasteiger partial charge in [0.05, 0.1) is 17.5 Å². The molecule has 1 N–H and O–H groups in total. The van der Waals surface area contributed by atoms with Gasteiger partial charge in [-0.05, 0) is 37.6 Å². The summed E-state index contributed by atoms with van der Waals surface area (Å²) in [7, 11) is -2.85. The maximum absolute atomic E-state index is 11.5. The molecule has 6 heteroatoms. The van der Waals surface area contributed by atoms with Gasteiger partial charge in [-0.2, -0.15) is 0 Å². The molecule has 1 aromatic carbocycles. The highest BCUT2D eigenvalue weighted by molar-refractivity contribution is 9.10. The van der Waals surface area contributed by atoms with Crippen LogP contribution in [0.4, 0.5) is 0 Å². The monoisotopic (exact) mass is 357 g/mol. The van der Waals surface area contributed by atoms with Gasteiger partial charge in [-0.3, -0.25) is 0 Å². The molecule has 1 saturated heterocycles. The lowest BCUT2D eigenvalue weighted by molar-refractivity contribution is 0.414. The van der Waals surface area contributed by atoms with Crippen LogP contribution in [0.3, 0.4) is 0 Å². The van der Waals surface area contributed by atoms with Gasteiger partial charge < -0.3 is 9.73 Å². The summed E-state index contributed by atoms with van der Waals surface area (Å²) in [6.45, 7) is 2.00. The van der Waals surface area contributed by atoms with Crippen LogP contribution in [0.1, 0.15) is 25.1 Å². The molecule has 0 radical (unpaired) electrons. The first-order chi connectivity index (χ1) is 9.43. The van der Waals surface area contributed by atoms with Gasteiger partial charge in [0, 0.05) is 15.9 Å². The Hall–Kier alpha value is -0.850. The lowest BCUT2D eigenvalue weighted by Crippen LogP contribution is -2.32. The van der Waals surface area contributed by atoms with Gasteiger partial charge in [0.1, 0.15) is 11.3 Å². The second kappa shape index (κ2) is 5.16. The number of rotatable bonds is 3. The molecule has 2 aromatic rings. The molecule has 1 aliphatic heterocycles. The van der Waals surface area contributed by atoms with Crippen LogP contribution in [0.2, 0.25) is 0 Å². The van der Waals surface area contributed by atoms with Gasteiger partial charge in [-0.25, -0.2) is 8.42 Å². The SMILES string of the molecule is CC(NC1CCS(=O)(=O)C1)c1cc2cc(Br)ccc2o1. The van der Waals surface area contributed by atoms with E-state index in [4.69, 9.17) is 4.42 Å². The highest BCUT2D eigenvalue weighted by Crippen LogP contribution is 2.27. The third-order valence-electron chi connectivity index (χ3n) is 3.64. The second-order valence-corrected chi connectivity index (χ2v) is 8.46. The fraction of sp³-hybridized carbons (Fsp3) is 0.429. The number of hydrogen-bond acceptors (Lipinski definition) is 4. The maximum atomic E-state index is 11.5. The van der Waals surface area contributed by atoms with Crippen LogP contribution in [0, 0.1) is 0 Å². The van der Waals surface area contributed by atoms with Crippen molar-refractivity contribution in [2.24, 2.45) is 0 Å². The standard InChI is InChI=1S/C14H16BrNO3S/c1-9(16-12-4-5-20(17,18)8-12)14-7-10-6-11(15)2-3-13(10)19-14/h2-3,6-7,9,12,16H,4-5,8H2,1H3. The molecule has 2 unspecified atom stereocenters. The van der Waals surface area contributed by atoms with Crippen molar-refractivity contribution in [3.05, 3.63) is 34.5 Å². The number of sulfone groups is 1. The highest BCUT2D eigenvalue weighted by atomic mass is 79.9. The van der Waals surface area contributed by atoms with E-state index >= 15 is 0 Å². The largest absolute Gasteiger partial charge is 0.459 e. The zero-order valence-electron chi connectivity index (χ0n) is 11.1. The number of nitrogens with one attached hydrogen (secondary N) is 1. The number of halogens is 1. The molecule has 3 rings (SSSR count). The molecule has 0 amide bonds. The molecule has 2 atom stereocenters. The predicted molar refractivity (Wildman–Crippen MR) is 82.5 cm³/mol. The quantitative estimate of drug-likeness (QED) is 0.916. The summed E-state index contributed by atoms with van der Waals surface area (Å²) in [5, 5.41) is 4.39. The van der Waals surface area contributed by atoms with Crippen LogP contribution in [0.15, 0.2) is 33.2 Å². The Labute approximate surface area is 126 Å². The summed E-state index contributed by atoms with van der Waals surface area (Å²) in [4.78, 5) is 0. The molecule has 0 bridgehead atoms. The molecule has 0 aliphatic carbocycles. The van der Waals surface area contributed by atoms with Crippen molar-refractivity contribution in [3.63, 3.8) is 0 Å². The van der Waals surface area contributed by atoms with Crippen LogP contribution in [-0.2, 0) is 9.84 Å². The van der Waals surface area contributed by atoms with Crippen molar-refractivity contribution in [3.8, 4) is 0 Å². The second-order valence-electron chi connectivity index (χ2n) is 5.32. The van der Waals surface area contributed by atoms with Gasteiger partial charge >= 0.3 is 0 Å². The van der Waals surface area contributed by atoms with E-state index in [1.54, 1.807) is 0 Å². The number of furan rings is 1. The zero-order chi connectivity index (χ0) is 14.3. The zero-order valence-corrected chi connectivity index (χ0v) is 13.5. The first-order valence-electron chi connectivity index (χ1n) is 6.58. The predicted octanol–water partition coefficient (Wildman–Crippen LogP) is 3.03. The van der Waals surface area contributed by atoms with Crippen LogP contribution >= 0.6 is 15.9 Å². The van der Waals surface area contributed by atoms with Crippen molar-refractivity contribution in [2.75, 3.05) is 11.5 Å². The molecular weight excluding hydrogens is 342 g/mol. The average Bonchev–Trinajstić information content (AvgIpc) is 2.92. The Morgan fingerprint density at radius 2 is 2.20 bits per heavy atom. The Bertz CT molecular complexity index is 738. The Morgan fingerprint density at radius 3 is 2.90 bits per heavy atom. The Balaban J connectivity index is 1.77. The van der Waals surface area contributed by atoms with E-state index in [0.717, 1.165) is 21.2 Å². The smallest absolute Gasteiger partial charge is 0.151 e. The minimum Gasteiger partial charge on any atom is -0.459 e. The highest BCUT2D eigenvalue weighted by Gasteiger charge is 2.29. The fourth-order valence-corrected chi connectivity index (χ4v) is 4.68. The van der Waals surface area contributed by atoms with E-state index in [2.05, 4.69) is 21.2 Å². The lowest BCUT2D eigenvalue weighted by Gasteiger charge is -2.16. The van der Waals surface area contributed by atoms with Crippen LogP contribution in [-0.4, -0.2) is 26.0 Å². The number of hydrogen-bond donors (Lipinski definition) is 1. The fourth-order valence-electron chi connectivity index (χ4n) is 2.61. The number of fused-ring (bicyclic) bond motifs is 1. The van der Waals surface area contributed by atoms with E-state index in [-0.39, 0.29) is 23.6 Å². The molecule has 0 spiro atoms. The molecule has 0 saturated carbocycles. The molecule has 4 nitrogen and oxygen atoms in total. The summed E-state index contributed by atoms with van der Waals surface area (Å²) in [5.74, 6) is 1.34. The van der Waals surface area contributed by atoms with Crippen molar-refractivity contribution < 1.29 is 12.8 Å². The molecule has 1 fully saturated rings. The maximum Gasteiger partial charge on any atom is 0.151 e. The Morgan fingerprint density at radius 1 is 1.40 bits per heavy atom. The topological polar surface area (TPSA) is 59.3 Å². The van der Waals surface area contributed by atoms with Crippen molar-refractivity contribution in [1.82, 2.24) is 5.32 Å². The summed E-state index contributed by atoms with van der Waals surface area (Å²) in [5.41, 5.74) is 0.843. The van der Waals surface area contributed by atoms with Crippen molar-refractivity contribution in [2.45, 2.75) is 25.4 Å². The normalized spacial score (nSPS) is 23.2. The molecule has 1 aliphatic rings. The van der Waals surface area contributed by atoms with E-state index in [0.29, 0.717) is 6.42 Å². The van der Waals surface area contributed by atoms with E-state index in [1.165, 1.54) is 0 Å². The first-order valence-corrected chi connectivity index (χ1v) is 9.20. The molecule has 20 heavy (non-hydrogen) atoms. The number of benzene rings is 1. The summed E-state index contributed by atoms with van der Waals surface area (Å²) < 4.78 is 29.8. The minimum atomic E-state index is -2.85. The van der Waals surface area contributed by atoms with E-state index in [1.807, 2.05) is 31.2 Å². The Kier molecular flexibility index (Phi) is 3.64. The third-order valence-corrected chi connectivity index (χ3v) is 5.90. The summed E-state index contributed by atoms with van der Waals surface area (Å²) in [6.07, 6.45) is 0.679. The third kappa shape index (κ3) is 2.92. The minimum absolute atomic E-state index is 0.000486.